The van der Waals surface area contributed by atoms with E-state index < -0.39 is 0 Å². The Balaban J connectivity index is 0. The molecule has 0 aromatic carbocycles. The van der Waals surface area contributed by atoms with Crippen molar-refractivity contribution in [1.82, 2.24) is 0 Å². The number of hydrogen-bond donors (Lipinski definition) is 0. The summed E-state index contributed by atoms with van der Waals surface area (Å²) in [4.78, 5) is 0. The van der Waals surface area contributed by atoms with Gasteiger partial charge < -0.3 is 5.48 Å². The Morgan fingerprint density at radius 1 is 1.00 bits per heavy atom. The van der Waals surface area contributed by atoms with Crippen molar-refractivity contribution in [3.05, 3.63) is 0 Å². The van der Waals surface area contributed by atoms with Crippen LogP contribution in [0.4, 0.5) is 4.70 Å². The van der Waals surface area contributed by atoms with Gasteiger partial charge in [0.15, 0.2) is 17.4 Å². The van der Waals surface area contributed by atoms with Gasteiger partial charge in [0.1, 0.15) is 0 Å². The summed E-state index contributed by atoms with van der Waals surface area (Å²) in [5.74, 6) is 0. The molecule has 25 valence electrons. The second-order valence-electron chi connectivity index (χ2n) is 0. The van der Waals surface area contributed by atoms with E-state index in [1.54, 1.807) is 0 Å². The van der Waals surface area contributed by atoms with Crippen LogP contribution >= 0.6 is 0 Å². The zero-order chi connectivity index (χ0) is 0. The molecule has 0 aliphatic heterocycles. The van der Waals surface area contributed by atoms with Crippen LogP contribution in [0.5, 0.6) is 0 Å². The molecule has 4 heteroatoms. The monoisotopic (exact) mass is 157 g/mol. The van der Waals surface area contributed by atoms with Crippen LogP contribution in [-0.2, 0) is 32.7 Å². The molecule has 0 aromatic heterocycles. The van der Waals surface area contributed by atoms with Crippen molar-refractivity contribution in [3.63, 3.8) is 0 Å². The minimum absolute atomic E-state index is 0. The first-order chi connectivity index (χ1) is 0. The van der Waals surface area contributed by atoms with Gasteiger partial charge in [0.2, 0.25) is 0 Å². The summed E-state index contributed by atoms with van der Waals surface area (Å²) in [5, 5.41) is 0. The molecule has 2 N–H and O–H groups in total. The Hall–Kier alpha value is 1.53. The van der Waals surface area contributed by atoms with Gasteiger partial charge >= 0.3 is 0 Å². The third kappa shape index (κ3) is 9.66. The van der Waals surface area contributed by atoms with E-state index in [0.29, 0.717) is 0 Å². The van der Waals surface area contributed by atoms with Gasteiger partial charge in [-0.1, -0.05) is 0 Å². The number of hydrogen-bond acceptors (Lipinski definition) is 0. The van der Waals surface area contributed by atoms with E-state index in [4.69, 9.17) is 0 Å². The van der Waals surface area contributed by atoms with Gasteiger partial charge in [-0.25, -0.2) is 0 Å². The smallest absolute Gasteiger partial charge is 0.187 e. The van der Waals surface area contributed by atoms with Crippen LogP contribution in [0.2, 0.25) is 0 Å². The fourth-order valence-corrected chi connectivity index (χ4v) is 0. The Labute approximate surface area is 59.8 Å². The summed E-state index contributed by atoms with van der Waals surface area (Å²) in [6, 6.07) is 0. The van der Waals surface area contributed by atoms with Crippen molar-refractivity contribution in [2.45, 2.75) is 0 Å². The van der Waals surface area contributed by atoms with Crippen LogP contribution in [-0.4, -0.2) is 22.8 Å². The van der Waals surface area contributed by atoms with E-state index in [1.165, 1.54) is 0 Å². The van der Waals surface area contributed by atoms with Crippen LogP contribution < -0.4 is 0 Å². The Morgan fingerprint density at radius 2 is 1.00 bits per heavy atom. The molecular formula is H6AlFOY. The van der Waals surface area contributed by atoms with Gasteiger partial charge in [-0.3, -0.25) is 4.70 Å². The molecule has 0 rings (SSSR count). The largest absolute Gasteiger partial charge is 0.412 e. The molecule has 0 atom stereocenters. The second-order valence-corrected chi connectivity index (χ2v) is 0. The molecule has 0 saturated carbocycles. The summed E-state index contributed by atoms with van der Waals surface area (Å²) >= 11 is 0. The van der Waals surface area contributed by atoms with Crippen molar-refractivity contribution in [1.29, 1.82) is 0 Å². The minimum atomic E-state index is 0. The van der Waals surface area contributed by atoms with Gasteiger partial charge in [-0.2, -0.15) is 0 Å². The van der Waals surface area contributed by atoms with Gasteiger partial charge in [0.25, 0.3) is 0 Å². The molecule has 4 heavy (non-hydrogen) atoms. The number of rotatable bonds is 0. The van der Waals surface area contributed by atoms with E-state index in [9.17, 15) is 0 Å². The van der Waals surface area contributed by atoms with Gasteiger partial charge in [0, 0.05) is 32.7 Å². The molecule has 0 amide bonds. The average molecular weight is 157 g/mol. The Kier molecular flexibility index (Phi) is 294. The zero-order valence-corrected chi connectivity index (χ0v) is 4.32. The van der Waals surface area contributed by atoms with Crippen molar-refractivity contribution >= 4 is 17.4 Å². The summed E-state index contributed by atoms with van der Waals surface area (Å²) in [6.07, 6.45) is 0. The SMILES string of the molecule is F.O.[AlH3].[Y]. The maximum Gasteiger partial charge on any atom is 0.187 e. The van der Waals surface area contributed by atoms with Crippen molar-refractivity contribution in [2.75, 3.05) is 0 Å². The van der Waals surface area contributed by atoms with Crippen molar-refractivity contribution in [2.24, 2.45) is 0 Å². The zero-order valence-electron chi connectivity index (χ0n) is 1.49. The predicted octanol–water partition coefficient (Wildman–Crippen LogP) is -1.86. The van der Waals surface area contributed by atoms with Gasteiger partial charge in [0.05, 0.1) is 0 Å². The van der Waals surface area contributed by atoms with Crippen LogP contribution in [0, 0.1) is 0 Å². The maximum absolute atomic E-state index is 0. The van der Waals surface area contributed by atoms with Crippen molar-refractivity contribution in [3.8, 4) is 0 Å². The van der Waals surface area contributed by atoms with Gasteiger partial charge in [-0.15, -0.1) is 0 Å². The van der Waals surface area contributed by atoms with E-state index in [0.717, 1.165) is 0 Å². The maximum atomic E-state index is 0. The standard InChI is InChI=1S/Al.FH.H2O.Y.3H/h;1H;1H2;;;;. The topological polar surface area (TPSA) is 31.5 Å². The molecule has 0 aliphatic rings. The Bertz CT molecular complexity index is 8.00. The van der Waals surface area contributed by atoms with Crippen LogP contribution in [0.3, 0.4) is 0 Å². The van der Waals surface area contributed by atoms with Crippen LogP contribution in [0.15, 0.2) is 0 Å². The molecule has 0 fully saturated rings. The predicted molar refractivity (Wildman–Crippen MR) is 16.1 cm³/mol. The van der Waals surface area contributed by atoms with Crippen molar-refractivity contribution < 1.29 is 42.9 Å². The fourth-order valence-electron chi connectivity index (χ4n) is 0. The minimum Gasteiger partial charge on any atom is -0.412 e. The summed E-state index contributed by atoms with van der Waals surface area (Å²) in [6.45, 7) is 0. The molecule has 0 unspecified atom stereocenters. The molecule has 0 saturated heterocycles. The van der Waals surface area contributed by atoms with E-state index in [-0.39, 0.29) is 60.3 Å². The van der Waals surface area contributed by atoms with E-state index in [2.05, 4.69) is 0 Å². The number of halogens is 1. The first-order valence-electron chi connectivity index (χ1n) is 0. The molecular weight excluding hydrogens is 151 g/mol. The first kappa shape index (κ1) is 48.6. The summed E-state index contributed by atoms with van der Waals surface area (Å²) < 4.78 is 0. The molecule has 1 nitrogen and oxygen atoms in total. The average Bonchev–Trinajstić information content (AvgIpc) is 0. The molecule has 0 spiro atoms. The Morgan fingerprint density at radius 3 is 1.00 bits per heavy atom. The molecule has 0 bridgehead atoms. The molecule has 1 radical (unpaired) electrons. The third-order valence-corrected chi connectivity index (χ3v) is 0. The summed E-state index contributed by atoms with van der Waals surface area (Å²) in [5.41, 5.74) is 0. The summed E-state index contributed by atoms with van der Waals surface area (Å²) in [7, 11) is 0. The third-order valence-electron chi connectivity index (χ3n) is 0. The van der Waals surface area contributed by atoms with Crippen LogP contribution in [0.25, 0.3) is 0 Å². The fraction of sp³-hybridized carbons (Fsp3) is 0. The van der Waals surface area contributed by atoms with Gasteiger partial charge in [-0.05, 0) is 0 Å². The normalized spacial score (nSPS) is 0. The second kappa shape index (κ2) is 24.2. The molecule has 0 heterocycles. The molecule has 0 aliphatic carbocycles. The quantitative estimate of drug-likeness (QED) is 0.369. The molecule has 0 aromatic rings. The van der Waals surface area contributed by atoms with E-state index in [1.807, 2.05) is 0 Å². The van der Waals surface area contributed by atoms with E-state index >= 15 is 0 Å². The first-order valence-corrected chi connectivity index (χ1v) is 0. The van der Waals surface area contributed by atoms with Crippen LogP contribution in [0.1, 0.15) is 0 Å².